The fourth-order valence-corrected chi connectivity index (χ4v) is 7.72. The van der Waals surface area contributed by atoms with Gasteiger partial charge in [0, 0.05) is 13.8 Å². The van der Waals surface area contributed by atoms with Gasteiger partial charge in [0.05, 0.1) is 45.2 Å². The van der Waals surface area contributed by atoms with Crippen LogP contribution in [0.3, 0.4) is 0 Å². The minimum absolute atomic E-state index is 0.814. The van der Waals surface area contributed by atoms with Gasteiger partial charge in [0.1, 0.15) is 110 Å². The molecule has 0 aromatic heterocycles. The van der Waals surface area contributed by atoms with Crippen molar-refractivity contribution in [2.45, 2.75) is 168 Å². The molecule has 0 unspecified atom stereocenters. The topological polar surface area (TPSA) is 479 Å². The monoisotopic (exact) mass is 976 g/mol. The molecule has 0 bridgehead atoms. The van der Waals surface area contributed by atoms with Crippen LogP contribution in [0.4, 0.5) is 0 Å². The standard InChI is InChI=1S/C34H60N2O28S/c1-9-18(43)22(47)25(50)32(58-9)64-30-17(36-11(3)41)31(61-16(8-57-65(53,54)55)29(30)63-34-27(52)24(49)21(46)15(6-39)60-34)56-7-13(42)19(44)28(12(4-37)35-10(2)40)62-33-26(51)23(48)20(45)14(5-38)59-33/h9,12-34,37-39,42-52H,4-8H2,1-3H3,(H,35,40)(H,36,41)(H,53,54,55)/t9-,12-,13+,14+,15+,16+,17+,18+,19-,20-,21-,22+,23-,24-,25-,26+,27+,28+,29+,30+,31+,32-,33-,34-/m0/s1. The molecule has 0 spiro atoms. The third kappa shape index (κ3) is 13.8. The summed E-state index contributed by atoms with van der Waals surface area (Å²) in [5.41, 5.74) is 0. The van der Waals surface area contributed by atoms with Crippen LogP contribution in [0.5, 0.6) is 0 Å². The average molecular weight is 977 g/mol. The Kier molecular flexibility index (Phi) is 20.5. The summed E-state index contributed by atoms with van der Waals surface area (Å²) in [4.78, 5) is 24.8. The number of aliphatic hydroxyl groups excluding tert-OH is 14. The maximum atomic E-state index is 12.8. The second kappa shape index (κ2) is 24.0. The quantitative estimate of drug-likeness (QED) is 0.0504. The molecular formula is C34H60N2O28S. The van der Waals surface area contributed by atoms with Crippen molar-refractivity contribution in [1.29, 1.82) is 0 Å². The summed E-state index contributed by atoms with van der Waals surface area (Å²) in [6.07, 6.45) is -42.9. The molecule has 0 radical (unpaired) electrons. The molecule has 4 aliphatic heterocycles. The van der Waals surface area contributed by atoms with Gasteiger partial charge in [-0.25, -0.2) is 4.18 Å². The summed E-state index contributed by atoms with van der Waals surface area (Å²) in [5, 5.41) is 152. The lowest BCUT2D eigenvalue weighted by Crippen LogP contribution is -2.70. The van der Waals surface area contributed by atoms with Gasteiger partial charge in [-0.15, -0.1) is 0 Å². The zero-order valence-electron chi connectivity index (χ0n) is 34.8. The van der Waals surface area contributed by atoms with Gasteiger partial charge < -0.3 is 120 Å². The van der Waals surface area contributed by atoms with Crippen molar-refractivity contribution in [3.63, 3.8) is 0 Å². The van der Waals surface area contributed by atoms with Gasteiger partial charge in [-0.2, -0.15) is 8.42 Å². The highest BCUT2D eigenvalue weighted by molar-refractivity contribution is 7.80. The van der Waals surface area contributed by atoms with Crippen molar-refractivity contribution in [2.75, 3.05) is 33.0 Å². The fourth-order valence-electron chi connectivity index (χ4n) is 7.41. The van der Waals surface area contributed by atoms with Crippen molar-refractivity contribution in [2.24, 2.45) is 0 Å². The Balaban J connectivity index is 1.74. The molecule has 65 heavy (non-hydrogen) atoms. The minimum Gasteiger partial charge on any atom is -0.394 e. The van der Waals surface area contributed by atoms with Gasteiger partial charge in [-0.3, -0.25) is 14.1 Å². The van der Waals surface area contributed by atoms with E-state index in [1.807, 2.05) is 0 Å². The number of hydrogen-bond donors (Lipinski definition) is 17. The fraction of sp³-hybridized carbons (Fsp3) is 0.941. The van der Waals surface area contributed by atoms with Crippen LogP contribution < -0.4 is 10.6 Å². The zero-order valence-corrected chi connectivity index (χ0v) is 35.6. The number of nitrogens with one attached hydrogen (secondary N) is 2. The zero-order chi connectivity index (χ0) is 48.8. The van der Waals surface area contributed by atoms with Gasteiger partial charge in [0.15, 0.2) is 25.2 Å². The van der Waals surface area contributed by atoms with Crippen LogP contribution in [-0.4, -0.2) is 276 Å². The van der Waals surface area contributed by atoms with Crippen LogP contribution in [0, 0.1) is 0 Å². The summed E-state index contributed by atoms with van der Waals surface area (Å²) in [6, 6.07) is -3.48. The Morgan fingerprint density at radius 1 is 0.646 bits per heavy atom. The molecular weight excluding hydrogens is 916 g/mol. The van der Waals surface area contributed by atoms with Gasteiger partial charge in [-0.1, -0.05) is 0 Å². The predicted octanol–water partition coefficient (Wildman–Crippen LogP) is -11.1. The van der Waals surface area contributed by atoms with Crippen LogP contribution in [0.25, 0.3) is 0 Å². The van der Waals surface area contributed by atoms with E-state index < -0.39 is 202 Å². The van der Waals surface area contributed by atoms with E-state index in [9.17, 15) is 94.1 Å². The second-order valence-electron chi connectivity index (χ2n) is 15.7. The van der Waals surface area contributed by atoms with E-state index in [2.05, 4.69) is 14.8 Å². The van der Waals surface area contributed by atoms with Crippen molar-refractivity contribution in [1.82, 2.24) is 10.6 Å². The maximum absolute atomic E-state index is 12.8. The lowest BCUT2D eigenvalue weighted by Gasteiger charge is -2.50. The molecule has 4 heterocycles. The SMILES string of the molecule is CC(=O)N[C@H]1[C@H](OC[C@@H](O)[C@H](O)[C@H](O[C@@H]2O[C@H](CO)[C@H](O)[C@H](O)[C@H]2O)[C@H](CO)NC(C)=O)O[C@H](COS(=O)(=O)O)[C@@H](O[C@@H]2O[C@H](CO)[C@H](O)[C@H](O)[C@H]2O)[C@@H]1O[C@@H]1O[C@@H](C)[C@@H](O)[C@@H](O)[C@@H]1O. The van der Waals surface area contributed by atoms with E-state index in [4.69, 9.17) is 37.9 Å². The molecule has 380 valence electrons. The number of hydrogen-bond acceptors (Lipinski definition) is 27. The Morgan fingerprint density at radius 3 is 1.65 bits per heavy atom. The van der Waals surface area contributed by atoms with E-state index in [-0.39, 0.29) is 0 Å². The first-order valence-electron chi connectivity index (χ1n) is 20.0. The predicted molar refractivity (Wildman–Crippen MR) is 201 cm³/mol. The number of carbonyl (C=O) groups is 2. The molecule has 24 atom stereocenters. The largest absolute Gasteiger partial charge is 0.397 e. The third-order valence-corrected chi connectivity index (χ3v) is 11.4. The summed E-state index contributed by atoms with van der Waals surface area (Å²) in [6.45, 7) is -2.08. The van der Waals surface area contributed by atoms with Gasteiger partial charge >= 0.3 is 10.4 Å². The highest BCUT2D eigenvalue weighted by Crippen LogP contribution is 2.35. The summed E-state index contributed by atoms with van der Waals surface area (Å²) < 4.78 is 83.3. The van der Waals surface area contributed by atoms with E-state index in [0.29, 0.717) is 0 Å². The highest BCUT2D eigenvalue weighted by Gasteiger charge is 2.56. The van der Waals surface area contributed by atoms with Gasteiger partial charge in [0.25, 0.3) is 0 Å². The Bertz CT molecular complexity index is 1620. The first-order valence-corrected chi connectivity index (χ1v) is 21.4. The van der Waals surface area contributed by atoms with Crippen molar-refractivity contribution in [3.8, 4) is 0 Å². The molecule has 4 rings (SSSR count). The second-order valence-corrected chi connectivity index (χ2v) is 16.8. The first-order chi connectivity index (χ1) is 30.3. The number of carbonyl (C=O) groups excluding carboxylic acids is 2. The smallest absolute Gasteiger partial charge is 0.394 e. The van der Waals surface area contributed by atoms with Crippen molar-refractivity contribution < 1.29 is 136 Å². The minimum atomic E-state index is -5.35. The third-order valence-electron chi connectivity index (χ3n) is 10.9. The maximum Gasteiger partial charge on any atom is 0.397 e. The number of rotatable bonds is 20. The Morgan fingerprint density at radius 2 is 1.14 bits per heavy atom. The molecule has 4 saturated heterocycles. The molecule has 30 nitrogen and oxygen atoms in total. The lowest BCUT2D eigenvalue weighted by molar-refractivity contribution is -0.374. The van der Waals surface area contributed by atoms with Crippen LogP contribution in [0.1, 0.15) is 20.8 Å². The number of aliphatic hydroxyl groups is 14. The van der Waals surface area contributed by atoms with Crippen LogP contribution >= 0.6 is 0 Å². The first kappa shape index (κ1) is 55.5. The molecule has 0 aromatic rings. The number of amides is 2. The molecule has 4 fully saturated rings. The van der Waals surface area contributed by atoms with E-state index in [1.54, 1.807) is 0 Å². The van der Waals surface area contributed by atoms with Gasteiger partial charge in [-0.05, 0) is 6.92 Å². The van der Waals surface area contributed by atoms with Crippen LogP contribution in [0.2, 0.25) is 0 Å². The molecule has 0 saturated carbocycles. The molecule has 2 amide bonds. The molecule has 4 aliphatic rings. The summed E-state index contributed by atoms with van der Waals surface area (Å²) in [7, 11) is -5.35. The van der Waals surface area contributed by atoms with Gasteiger partial charge in [0.2, 0.25) is 11.8 Å². The Hall–Kier alpha value is -2.07. The van der Waals surface area contributed by atoms with Crippen molar-refractivity contribution in [3.05, 3.63) is 0 Å². The lowest BCUT2D eigenvalue weighted by atomic mass is 9.94. The normalized spacial score (nSPS) is 42.4. The van der Waals surface area contributed by atoms with E-state index >= 15 is 0 Å². The van der Waals surface area contributed by atoms with Crippen molar-refractivity contribution >= 4 is 22.2 Å². The summed E-state index contributed by atoms with van der Waals surface area (Å²) in [5.74, 6) is -1.73. The molecule has 17 N–H and O–H groups in total. The molecule has 31 heteroatoms. The van der Waals surface area contributed by atoms with E-state index in [1.165, 1.54) is 6.92 Å². The summed E-state index contributed by atoms with van der Waals surface area (Å²) >= 11 is 0. The highest BCUT2D eigenvalue weighted by atomic mass is 32.3. The molecule has 0 aliphatic carbocycles. The Labute approximate surface area is 369 Å². The number of ether oxygens (including phenoxy) is 8. The van der Waals surface area contributed by atoms with Crippen LogP contribution in [0.15, 0.2) is 0 Å². The molecule has 0 aromatic carbocycles. The average Bonchev–Trinajstić information content (AvgIpc) is 3.24. The van der Waals surface area contributed by atoms with Crippen LogP contribution in [-0.2, 0) is 62.1 Å². The van der Waals surface area contributed by atoms with E-state index in [0.717, 1.165) is 13.8 Å².